The molecule has 13 heteroatoms. The minimum Gasteiger partial charge on any atom is -0.364 e. The van der Waals surface area contributed by atoms with Gasteiger partial charge in [0.05, 0.1) is 0 Å². The van der Waals surface area contributed by atoms with Crippen LogP contribution in [-0.2, 0) is 31.5 Å². The summed E-state index contributed by atoms with van der Waals surface area (Å²) in [6.07, 6.45) is -1.65. The normalized spacial score (nSPS) is 21.7. The molecular weight excluding hydrogens is 478 g/mol. The van der Waals surface area contributed by atoms with Crippen molar-refractivity contribution in [1.29, 1.82) is 0 Å². The Morgan fingerprint density at radius 3 is 0.879 bits per heavy atom. The van der Waals surface area contributed by atoms with E-state index in [2.05, 4.69) is 0 Å². The van der Waals surface area contributed by atoms with Crippen LogP contribution in [0.15, 0.2) is 46.6 Å². The Hall–Kier alpha value is -0.940. The third kappa shape index (κ3) is 10.9. The van der Waals surface area contributed by atoms with Crippen LogP contribution in [0.2, 0.25) is 0 Å². The maximum atomic E-state index is 13.4. The summed E-state index contributed by atoms with van der Waals surface area (Å²) >= 11 is 0. The monoisotopic (exact) mass is 514 g/mol. The molecule has 0 aromatic heterocycles. The van der Waals surface area contributed by atoms with Crippen LogP contribution in [0.5, 0.6) is 0 Å². The summed E-state index contributed by atoms with van der Waals surface area (Å²) in [5, 5.41) is 40.7. The lowest BCUT2D eigenvalue weighted by Gasteiger charge is -2.28. The highest BCUT2D eigenvalue weighted by atomic mass is 31.3. The van der Waals surface area contributed by atoms with E-state index in [1.54, 1.807) is 27.7 Å². The number of aliphatic hydroxyl groups excluding tert-OH is 4. The van der Waals surface area contributed by atoms with Gasteiger partial charge in [-0.3, -0.25) is 18.1 Å². The van der Waals surface area contributed by atoms with Gasteiger partial charge in [-0.25, -0.2) is 9.13 Å². The van der Waals surface area contributed by atoms with Crippen molar-refractivity contribution in [3.8, 4) is 0 Å². The van der Waals surface area contributed by atoms with Crippen LogP contribution in [0.25, 0.3) is 0 Å². The van der Waals surface area contributed by atoms with Crippen LogP contribution in [0.4, 0.5) is 0 Å². The predicted octanol–water partition coefficient (Wildman–Crippen LogP) is 4.42. The molecule has 0 aromatic rings. The third-order valence-electron chi connectivity index (χ3n) is 4.50. The van der Waals surface area contributed by atoms with Crippen LogP contribution >= 0.6 is 15.6 Å². The molecule has 0 aliphatic carbocycles. The summed E-state index contributed by atoms with van der Waals surface area (Å²) in [5.74, 6) is 0. The molecule has 0 radical (unpaired) electrons. The van der Waals surface area contributed by atoms with E-state index in [4.69, 9.17) is 22.4 Å². The summed E-state index contributed by atoms with van der Waals surface area (Å²) in [7, 11) is -10.3. The van der Waals surface area contributed by atoms with Crippen molar-refractivity contribution in [2.75, 3.05) is 0 Å². The van der Waals surface area contributed by atoms with Crippen LogP contribution in [0.3, 0.4) is 0 Å². The van der Waals surface area contributed by atoms with Crippen LogP contribution in [0, 0.1) is 0 Å². The molecular formula is C20H36O11P2. The maximum Gasteiger partial charge on any atom is 0.488 e. The number of hydrogen-bond acceptors (Lipinski definition) is 11. The molecule has 4 unspecified atom stereocenters. The van der Waals surface area contributed by atoms with Gasteiger partial charge in [0.15, 0.2) is 25.2 Å². The quantitative estimate of drug-likeness (QED) is 0.147. The van der Waals surface area contributed by atoms with Crippen molar-refractivity contribution in [2.24, 2.45) is 0 Å². The lowest BCUT2D eigenvalue weighted by Crippen LogP contribution is -2.22. The highest BCUT2D eigenvalue weighted by Crippen LogP contribution is 2.68. The molecule has 0 fully saturated rings. The van der Waals surface area contributed by atoms with Crippen LogP contribution in [-0.4, -0.2) is 45.6 Å². The Morgan fingerprint density at radius 2 is 0.727 bits per heavy atom. The Morgan fingerprint density at radius 1 is 0.545 bits per heavy atom. The van der Waals surface area contributed by atoms with E-state index in [0.29, 0.717) is 0 Å². The molecule has 11 nitrogen and oxygen atoms in total. The lowest BCUT2D eigenvalue weighted by molar-refractivity contribution is -0.0738. The summed E-state index contributed by atoms with van der Waals surface area (Å²) in [5.41, 5.74) is 0.744. The van der Waals surface area contributed by atoms with E-state index in [-0.39, 0.29) is 22.3 Å². The van der Waals surface area contributed by atoms with Gasteiger partial charge in [-0.05, 0) is 77.7 Å². The van der Waals surface area contributed by atoms with Gasteiger partial charge in [0, 0.05) is 0 Å². The number of phosphoric acid groups is 2. The van der Waals surface area contributed by atoms with Crippen molar-refractivity contribution in [3.05, 3.63) is 46.6 Å². The van der Waals surface area contributed by atoms with Crippen molar-refractivity contribution in [3.63, 3.8) is 0 Å². The first-order chi connectivity index (χ1) is 15.2. The molecule has 0 rings (SSSR count). The lowest BCUT2D eigenvalue weighted by atomic mass is 10.3. The van der Waals surface area contributed by atoms with Crippen LogP contribution in [0.1, 0.15) is 55.4 Å². The zero-order valence-corrected chi connectivity index (χ0v) is 21.9. The number of allylic oxidation sites excluding steroid dienone is 4. The second-order valence-electron chi connectivity index (χ2n) is 6.94. The molecule has 0 saturated carbocycles. The first-order valence-electron chi connectivity index (χ1n) is 10.1. The van der Waals surface area contributed by atoms with Gasteiger partial charge in [-0.2, -0.15) is 4.31 Å². The number of hydrogen-bond donors (Lipinski definition) is 4. The first kappa shape index (κ1) is 32.1. The number of aliphatic hydroxyl groups is 4. The minimum atomic E-state index is -5.13. The van der Waals surface area contributed by atoms with E-state index >= 15 is 0 Å². The van der Waals surface area contributed by atoms with Gasteiger partial charge >= 0.3 is 15.6 Å². The second kappa shape index (κ2) is 14.5. The fourth-order valence-corrected chi connectivity index (χ4v) is 4.98. The minimum absolute atomic E-state index is 0.186. The standard InChI is InChI=1S/C20H36O11P2/c1-9-13(5)17(21)27-32(25,28-18(22)14(6)10-2)31-33(26,29-19(23)15(7)11-3)30-20(24)16(8)12-4/h9-12,17-24H,1-8H3/b13-9-,14-10-,15-11-,16-12-. The third-order valence-corrected chi connectivity index (χ3v) is 7.93. The molecule has 192 valence electrons. The van der Waals surface area contributed by atoms with Crippen molar-refractivity contribution in [2.45, 2.75) is 80.6 Å². The average molecular weight is 514 g/mol. The van der Waals surface area contributed by atoms with Gasteiger partial charge in [-0.15, -0.1) is 0 Å². The predicted molar refractivity (Wildman–Crippen MR) is 122 cm³/mol. The van der Waals surface area contributed by atoms with E-state index in [9.17, 15) is 29.6 Å². The van der Waals surface area contributed by atoms with Gasteiger partial charge in [0.2, 0.25) is 0 Å². The molecule has 33 heavy (non-hydrogen) atoms. The molecule has 0 aliphatic heterocycles. The Kier molecular flexibility index (Phi) is 14.0. The SMILES string of the molecule is C/C=C(/C)C(O)OP(=O)(OC(O)/C(C)=C\C)OP(=O)(OC(O)/C(C)=C\C)OC(O)/C(C)=C\C. The summed E-state index contributed by atoms with van der Waals surface area (Å²) < 4.78 is 51.6. The van der Waals surface area contributed by atoms with Gasteiger partial charge < -0.3 is 20.4 Å². The molecule has 0 spiro atoms. The molecule has 0 heterocycles. The van der Waals surface area contributed by atoms with Crippen molar-refractivity contribution < 1.29 is 52.0 Å². The highest BCUT2D eigenvalue weighted by molar-refractivity contribution is 7.62. The fourth-order valence-electron chi connectivity index (χ4n) is 1.64. The van der Waals surface area contributed by atoms with E-state index in [1.807, 2.05) is 0 Å². The second-order valence-corrected chi connectivity index (χ2v) is 10.2. The summed E-state index contributed by atoms with van der Waals surface area (Å²) in [4.78, 5) is 0. The van der Waals surface area contributed by atoms with E-state index < -0.39 is 40.8 Å². The highest BCUT2D eigenvalue weighted by Gasteiger charge is 2.46. The zero-order chi connectivity index (χ0) is 26.0. The van der Waals surface area contributed by atoms with Gasteiger partial charge in [0.25, 0.3) is 0 Å². The molecule has 4 N–H and O–H groups in total. The van der Waals surface area contributed by atoms with Crippen LogP contribution < -0.4 is 0 Å². The first-order valence-corrected chi connectivity index (χ1v) is 13.0. The maximum absolute atomic E-state index is 13.4. The molecule has 4 atom stereocenters. The smallest absolute Gasteiger partial charge is 0.364 e. The zero-order valence-electron chi connectivity index (χ0n) is 20.2. The van der Waals surface area contributed by atoms with Gasteiger partial charge in [0.1, 0.15) is 0 Å². The summed E-state index contributed by atoms with van der Waals surface area (Å²) in [6.45, 7) is 12.0. The van der Waals surface area contributed by atoms with Gasteiger partial charge in [-0.1, -0.05) is 24.3 Å². The number of phosphoric ester groups is 2. The molecule has 0 saturated heterocycles. The molecule has 0 amide bonds. The Bertz CT molecular complexity index is 719. The molecule has 0 aliphatic rings. The largest absolute Gasteiger partial charge is 0.488 e. The van der Waals surface area contributed by atoms with E-state index in [0.717, 1.165) is 0 Å². The fraction of sp³-hybridized carbons (Fsp3) is 0.600. The van der Waals surface area contributed by atoms with Crippen molar-refractivity contribution >= 4 is 15.6 Å². The number of rotatable bonds is 14. The Labute approximate surface area is 195 Å². The summed E-state index contributed by atoms with van der Waals surface area (Å²) in [6, 6.07) is 0. The van der Waals surface area contributed by atoms with Crippen molar-refractivity contribution in [1.82, 2.24) is 0 Å². The average Bonchev–Trinajstić information content (AvgIpc) is 2.75. The Balaban J connectivity index is 6.35. The molecule has 0 aromatic carbocycles. The molecule has 0 bridgehead atoms. The van der Waals surface area contributed by atoms with E-state index in [1.165, 1.54) is 52.0 Å². The topological polar surface area (TPSA) is 161 Å².